The highest BCUT2D eigenvalue weighted by Crippen LogP contribution is 2.23. The summed E-state index contributed by atoms with van der Waals surface area (Å²) in [5, 5.41) is 3.09. The van der Waals surface area contributed by atoms with Crippen molar-refractivity contribution in [3.05, 3.63) is 29.8 Å². The van der Waals surface area contributed by atoms with Crippen molar-refractivity contribution in [3.8, 4) is 0 Å². The average molecular weight is 393 g/mol. The van der Waals surface area contributed by atoms with Gasteiger partial charge in [-0.05, 0) is 44.2 Å². The molecule has 148 valence electrons. The molecule has 0 spiro atoms. The molecule has 1 saturated carbocycles. The van der Waals surface area contributed by atoms with Gasteiger partial charge in [-0.1, -0.05) is 31.9 Å². The van der Waals surface area contributed by atoms with Crippen molar-refractivity contribution in [1.82, 2.24) is 10.0 Å². The Morgan fingerprint density at radius 1 is 1.30 bits per heavy atom. The molecule has 0 aromatic heterocycles. The molecule has 1 aromatic rings. The third-order valence-corrected chi connectivity index (χ3v) is 6.60. The normalized spacial score (nSPS) is 26.2. The molecule has 7 nitrogen and oxygen atoms in total. The summed E-state index contributed by atoms with van der Waals surface area (Å²) < 4.78 is 27.0. The van der Waals surface area contributed by atoms with Crippen molar-refractivity contribution in [2.24, 2.45) is 10.7 Å². The summed E-state index contributed by atoms with van der Waals surface area (Å²) in [6, 6.07) is 6.44. The van der Waals surface area contributed by atoms with Crippen LogP contribution in [0.25, 0.3) is 0 Å². The lowest BCUT2D eigenvalue weighted by atomic mass is 9.91. The molecular formula is C19H28N4O3S. The van der Waals surface area contributed by atoms with Crippen molar-refractivity contribution in [1.29, 1.82) is 0 Å². The highest BCUT2D eigenvalue weighted by molar-refractivity contribution is 7.90. The van der Waals surface area contributed by atoms with Gasteiger partial charge in [0.2, 0.25) is 5.91 Å². The van der Waals surface area contributed by atoms with Crippen molar-refractivity contribution in [3.63, 3.8) is 0 Å². The first-order valence-corrected chi connectivity index (χ1v) is 11.1. The number of sulfonamides is 1. The molecule has 1 heterocycles. The zero-order valence-electron chi connectivity index (χ0n) is 15.6. The van der Waals surface area contributed by atoms with E-state index in [-0.39, 0.29) is 28.7 Å². The van der Waals surface area contributed by atoms with Crippen LogP contribution >= 0.6 is 0 Å². The number of amidine groups is 1. The van der Waals surface area contributed by atoms with Crippen LogP contribution in [0.1, 0.15) is 57.4 Å². The summed E-state index contributed by atoms with van der Waals surface area (Å²) in [4.78, 5) is 17.6. The standard InChI is InChI=1S/C19H28N4O3S/c1-2-3-7-16(19(24)21-14-11-9-13(20)10-12-14)22-18-15-6-4-5-8-17(15)27(25,26)23-18/h4-6,8,13-14,16H,2-3,7,9-12,20H2,1H3,(H,21,24)(H,22,23). The van der Waals surface area contributed by atoms with Crippen molar-refractivity contribution in [2.75, 3.05) is 0 Å². The number of nitrogens with two attached hydrogens (primary N) is 1. The minimum atomic E-state index is -3.61. The summed E-state index contributed by atoms with van der Waals surface area (Å²) in [5.41, 5.74) is 6.46. The number of aliphatic imine (C=N–C) groups is 1. The van der Waals surface area contributed by atoms with E-state index >= 15 is 0 Å². The summed E-state index contributed by atoms with van der Waals surface area (Å²) in [5.74, 6) is 0.118. The summed E-state index contributed by atoms with van der Waals surface area (Å²) >= 11 is 0. The van der Waals surface area contributed by atoms with Gasteiger partial charge >= 0.3 is 0 Å². The Balaban J connectivity index is 1.79. The molecule has 27 heavy (non-hydrogen) atoms. The number of carbonyl (C=O) groups excluding carboxylic acids is 1. The summed E-state index contributed by atoms with van der Waals surface area (Å²) in [7, 11) is -3.61. The molecule has 1 aromatic carbocycles. The zero-order chi connectivity index (χ0) is 19.4. The van der Waals surface area contributed by atoms with Gasteiger partial charge in [-0.3, -0.25) is 14.5 Å². The second kappa shape index (κ2) is 8.39. The Kier molecular flexibility index (Phi) is 6.16. The number of amides is 1. The molecule has 8 heteroatoms. The van der Waals surface area contributed by atoms with E-state index in [1.54, 1.807) is 24.3 Å². The quantitative estimate of drug-likeness (QED) is 0.683. The fraction of sp³-hybridized carbons (Fsp3) is 0.579. The monoisotopic (exact) mass is 392 g/mol. The Labute approximate surface area is 160 Å². The van der Waals surface area contributed by atoms with Crippen LogP contribution in [0, 0.1) is 0 Å². The number of unbranched alkanes of at least 4 members (excludes halogenated alkanes) is 1. The lowest BCUT2D eigenvalue weighted by Gasteiger charge is -2.28. The highest BCUT2D eigenvalue weighted by Gasteiger charge is 2.32. The Bertz CT molecular complexity index is 814. The highest BCUT2D eigenvalue weighted by atomic mass is 32.2. The second-order valence-corrected chi connectivity index (χ2v) is 9.01. The Hall–Kier alpha value is -1.93. The van der Waals surface area contributed by atoms with E-state index in [1.165, 1.54) is 0 Å². The van der Waals surface area contributed by atoms with Crippen LogP contribution in [0.15, 0.2) is 34.2 Å². The largest absolute Gasteiger partial charge is 0.352 e. The maximum atomic E-state index is 12.8. The van der Waals surface area contributed by atoms with E-state index in [9.17, 15) is 13.2 Å². The van der Waals surface area contributed by atoms with E-state index in [4.69, 9.17) is 5.73 Å². The molecule has 4 N–H and O–H groups in total. The maximum absolute atomic E-state index is 12.8. The molecule has 0 saturated heterocycles. The molecule has 1 fully saturated rings. The lowest BCUT2D eigenvalue weighted by Crippen LogP contribution is -2.44. The van der Waals surface area contributed by atoms with Gasteiger partial charge in [-0.25, -0.2) is 8.42 Å². The topological polar surface area (TPSA) is 114 Å². The van der Waals surface area contributed by atoms with Crippen molar-refractivity contribution >= 4 is 21.8 Å². The van der Waals surface area contributed by atoms with Crippen LogP contribution < -0.4 is 15.8 Å². The van der Waals surface area contributed by atoms with E-state index in [0.717, 1.165) is 38.5 Å². The van der Waals surface area contributed by atoms with Gasteiger partial charge in [0.1, 0.15) is 11.9 Å². The third kappa shape index (κ3) is 4.68. The summed E-state index contributed by atoms with van der Waals surface area (Å²) in [6.07, 6.45) is 5.94. The predicted octanol–water partition coefficient (Wildman–Crippen LogP) is 1.67. The number of nitrogens with one attached hydrogen (secondary N) is 2. The van der Waals surface area contributed by atoms with Crippen molar-refractivity contribution in [2.45, 2.75) is 74.9 Å². The number of hydrogen-bond donors (Lipinski definition) is 3. The van der Waals surface area contributed by atoms with Gasteiger partial charge in [0.05, 0.1) is 4.90 Å². The number of nitrogens with zero attached hydrogens (tertiary/aromatic N) is 1. The van der Waals surface area contributed by atoms with Crippen LogP contribution in [-0.4, -0.2) is 38.3 Å². The van der Waals surface area contributed by atoms with E-state index < -0.39 is 16.1 Å². The van der Waals surface area contributed by atoms with Gasteiger partial charge in [0.15, 0.2) is 0 Å². The Morgan fingerprint density at radius 2 is 2.00 bits per heavy atom. The van der Waals surface area contributed by atoms with Gasteiger partial charge < -0.3 is 11.1 Å². The van der Waals surface area contributed by atoms with Crippen LogP contribution in [0.2, 0.25) is 0 Å². The van der Waals surface area contributed by atoms with E-state index in [0.29, 0.717) is 12.0 Å². The number of fused-ring (bicyclic) bond motifs is 1. The van der Waals surface area contributed by atoms with Gasteiger partial charge in [0, 0.05) is 17.6 Å². The maximum Gasteiger partial charge on any atom is 0.263 e. The first kappa shape index (κ1) is 19.8. The number of hydrogen-bond acceptors (Lipinski definition) is 5. The third-order valence-electron chi connectivity index (χ3n) is 5.20. The van der Waals surface area contributed by atoms with E-state index in [1.807, 2.05) is 0 Å². The van der Waals surface area contributed by atoms with Crippen LogP contribution in [0.4, 0.5) is 0 Å². The molecule has 0 bridgehead atoms. The number of rotatable bonds is 6. The van der Waals surface area contributed by atoms with Gasteiger partial charge in [0.25, 0.3) is 10.0 Å². The molecule has 3 rings (SSSR count). The molecule has 0 radical (unpaired) electrons. The van der Waals surface area contributed by atoms with Crippen LogP contribution in [-0.2, 0) is 14.8 Å². The molecule has 1 atom stereocenters. The van der Waals surface area contributed by atoms with Crippen LogP contribution in [0.5, 0.6) is 0 Å². The Morgan fingerprint density at radius 3 is 2.70 bits per heavy atom. The number of benzene rings is 1. The molecule has 1 amide bonds. The van der Waals surface area contributed by atoms with E-state index in [2.05, 4.69) is 22.0 Å². The number of carbonyl (C=O) groups is 1. The molecular weight excluding hydrogens is 364 g/mol. The molecule has 1 unspecified atom stereocenters. The fourth-order valence-electron chi connectivity index (χ4n) is 3.60. The smallest absolute Gasteiger partial charge is 0.263 e. The minimum absolute atomic E-state index is 0.120. The lowest BCUT2D eigenvalue weighted by molar-refractivity contribution is -0.123. The van der Waals surface area contributed by atoms with Crippen LogP contribution in [0.3, 0.4) is 0 Å². The zero-order valence-corrected chi connectivity index (χ0v) is 16.5. The van der Waals surface area contributed by atoms with Gasteiger partial charge in [-0.2, -0.15) is 0 Å². The molecule has 2 aliphatic rings. The first-order valence-electron chi connectivity index (χ1n) is 9.66. The molecule has 1 aliphatic carbocycles. The SMILES string of the molecule is CCCCC(N=C1NS(=O)(=O)c2ccccc21)C(=O)NC1CCC(N)CC1. The molecule has 1 aliphatic heterocycles. The predicted molar refractivity (Wildman–Crippen MR) is 105 cm³/mol. The summed E-state index contributed by atoms with van der Waals surface area (Å²) in [6.45, 7) is 2.05. The first-order chi connectivity index (χ1) is 12.9. The van der Waals surface area contributed by atoms with Gasteiger partial charge in [-0.15, -0.1) is 0 Å². The fourth-order valence-corrected chi connectivity index (χ4v) is 4.84. The second-order valence-electron chi connectivity index (χ2n) is 7.36. The average Bonchev–Trinajstić information content (AvgIpc) is 2.91. The van der Waals surface area contributed by atoms with Crippen molar-refractivity contribution < 1.29 is 13.2 Å². The minimum Gasteiger partial charge on any atom is -0.352 e.